The summed E-state index contributed by atoms with van der Waals surface area (Å²) in [6.45, 7) is 1.63. The van der Waals surface area contributed by atoms with Crippen LogP contribution >= 0.6 is 38.9 Å². The van der Waals surface area contributed by atoms with Gasteiger partial charge in [0.05, 0.1) is 3.79 Å². The number of rotatable bonds is 4. The third kappa shape index (κ3) is 3.48. The summed E-state index contributed by atoms with van der Waals surface area (Å²) in [4.78, 5) is 2.20. The average molecular weight is 346 g/mol. The monoisotopic (exact) mass is 344 g/mol. The van der Waals surface area contributed by atoms with Crippen LogP contribution in [0.25, 0.3) is 0 Å². The van der Waals surface area contributed by atoms with Crippen LogP contribution in [0.3, 0.4) is 0 Å². The Kier molecular flexibility index (Phi) is 4.67. The van der Waals surface area contributed by atoms with Gasteiger partial charge in [0.25, 0.3) is 0 Å². The SMILES string of the molecule is CN(Cc1csc(Br)c1)Cc1c(N)cccc1Cl. The molecule has 96 valence electrons. The van der Waals surface area contributed by atoms with Crippen molar-refractivity contribution in [1.29, 1.82) is 0 Å². The molecule has 18 heavy (non-hydrogen) atoms. The first-order valence-electron chi connectivity index (χ1n) is 5.50. The van der Waals surface area contributed by atoms with E-state index in [0.717, 1.165) is 33.1 Å². The number of anilines is 1. The molecule has 0 fully saturated rings. The number of thiophene rings is 1. The van der Waals surface area contributed by atoms with Crippen LogP contribution in [0.2, 0.25) is 5.02 Å². The summed E-state index contributed by atoms with van der Waals surface area (Å²) >= 11 is 11.3. The molecular weight excluding hydrogens is 332 g/mol. The van der Waals surface area contributed by atoms with Gasteiger partial charge in [-0.2, -0.15) is 0 Å². The lowest BCUT2D eigenvalue weighted by molar-refractivity contribution is 0.320. The molecule has 0 spiro atoms. The number of hydrogen-bond acceptors (Lipinski definition) is 3. The Morgan fingerprint density at radius 1 is 1.39 bits per heavy atom. The molecule has 2 aromatic rings. The zero-order valence-electron chi connectivity index (χ0n) is 9.99. The predicted octanol–water partition coefficient (Wildman–Crippen LogP) is 4.38. The van der Waals surface area contributed by atoms with Gasteiger partial charge in [0.15, 0.2) is 0 Å². The molecule has 2 nitrogen and oxygen atoms in total. The normalized spacial score (nSPS) is 11.1. The second-order valence-corrected chi connectivity index (χ2v) is 6.94. The zero-order chi connectivity index (χ0) is 13.1. The molecule has 0 saturated heterocycles. The second kappa shape index (κ2) is 6.06. The Morgan fingerprint density at radius 3 is 2.78 bits per heavy atom. The van der Waals surface area contributed by atoms with Gasteiger partial charge in [-0.1, -0.05) is 17.7 Å². The van der Waals surface area contributed by atoms with Gasteiger partial charge in [0.2, 0.25) is 0 Å². The molecule has 0 amide bonds. The van der Waals surface area contributed by atoms with Crippen molar-refractivity contribution in [2.75, 3.05) is 12.8 Å². The summed E-state index contributed by atoms with van der Waals surface area (Å²) < 4.78 is 1.16. The quantitative estimate of drug-likeness (QED) is 0.833. The van der Waals surface area contributed by atoms with Crippen molar-refractivity contribution in [2.45, 2.75) is 13.1 Å². The van der Waals surface area contributed by atoms with E-state index < -0.39 is 0 Å². The summed E-state index contributed by atoms with van der Waals surface area (Å²) in [5.74, 6) is 0. The van der Waals surface area contributed by atoms with Crippen LogP contribution in [-0.2, 0) is 13.1 Å². The standard InChI is InChI=1S/C13H14BrClN2S/c1-17(6-9-5-13(14)18-8-9)7-10-11(15)3-2-4-12(10)16/h2-5,8H,6-7,16H2,1H3. The van der Waals surface area contributed by atoms with Crippen molar-refractivity contribution < 1.29 is 0 Å². The van der Waals surface area contributed by atoms with Gasteiger partial charge >= 0.3 is 0 Å². The molecule has 1 aromatic carbocycles. The Morgan fingerprint density at radius 2 is 2.17 bits per heavy atom. The molecule has 0 saturated carbocycles. The molecule has 0 aliphatic heterocycles. The average Bonchev–Trinajstić information content (AvgIpc) is 2.69. The number of halogens is 2. The minimum absolute atomic E-state index is 0.730. The predicted molar refractivity (Wildman–Crippen MR) is 83.1 cm³/mol. The van der Waals surface area contributed by atoms with Gasteiger partial charge in [-0.05, 0) is 52.1 Å². The first-order valence-corrected chi connectivity index (χ1v) is 7.55. The van der Waals surface area contributed by atoms with E-state index in [1.165, 1.54) is 5.56 Å². The number of nitrogens with two attached hydrogens (primary N) is 1. The van der Waals surface area contributed by atoms with E-state index >= 15 is 0 Å². The van der Waals surface area contributed by atoms with E-state index in [1.807, 2.05) is 18.2 Å². The Labute approximate surface area is 124 Å². The molecule has 0 bridgehead atoms. The first kappa shape index (κ1) is 13.9. The molecule has 0 aliphatic carbocycles. The third-order valence-electron chi connectivity index (χ3n) is 2.66. The van der Waals surface area contributed by atoms with Crippen molar-refractivity contribution in [3.8, 4) is 0 Å². The highest BCUT2D eigenvalue weighted by molar-refractivity contribution is 9.11. The van der Waals surface area contributed by atoms with Crippen molar-refractivity contribution in [3.63, 3.8) is 0 Å². The molecule has 1 heterocycles. The van der Waals surface area contributed by atoms with Crippen LogP contribution in [0.15, 0.2) is 33.4 Å². The maximum absolute atomic E-state index is 6.17. The highest BCUT2D eigenvalue weighted by Gasteiger charge is 2.09. The topological polar surface area (TPSA) is 29.3 Å². The minimum Gasteiger partial charge on any atom is -0.398 e. The molecule has 5 heteroatoms. The number of hydrogen-bond donors (Lipinski definition) is 1. The second-order valence-electron chi connectivity index (χ2n) is 4.24. The maximum atomic E-state index is 6.17. The van der Waals surface area contributed by atoms with Gasteiger partial charge in [-0.3, -0.25) is 4.90 Å². The van der Waals surface area contributed by atoms with E-state index in [4.69, 9.17) is 17.3 Å². The Hall–Kier alpha value is -0.550. The van der Waals surface area contributed by atoms with Gasteiger partial charge in [-0.15, -0.1) is 11.3 Å². The summed E-state index contributed by atoms with van der Waals surface area (Å²) in [7, 11) is 2.06. The zero-order valence-corrected chi connectivity index (χ0v) is 13.1. The fourth-order valence-electron chi connectivity index (χ4n) is 1.81. The molecule has 2 N–H and O–H groups in total. The summed E-state index contributed by atoms with van der Waals surface area (Å²) in [6.07, 6.45) is 0. The largest absolute Gasteiger partial charge is 0.398 e. The fraction of sp³-hybridized carbons (Fsp3) is 0.231. The van der Waals surface area contributed by atoms with E-state index in [9.17, 15) is 0 Å². The highest BCUT2D eigenvalue weighted by atomic mass is 79.9. The summed E-state index contributed by atoms with van der Waals surface area (Å²) in [6, 6.07) is 7.77. The Bertz CT molecular complexity index is 521. The molecule has 0 atom stereocenters. The van der Waals surface area contributed by atoms with Crippen LogP contribution in [0, 0.1) is 0 Å². The van der Waals surface area contributed by atoms with Crippen LogP contribution in [0.4, 0.5) is 5.69 Å². The highest BCUT2D eigenvalue weighted by Crippen LogP contribution is 2.25. The third-order valence-corrected chi connectivity index (χ3v) is 4.56. The fourth-order valence-corrected chi connectivity index (χ4v) is 3.25. The van der Waals surface area contributed by atoms with Gasteiger partial charge in [0, 0.05) is 29.4 Å². The molecule has 0 unspecified atom stereocenters. The van der Waals surface area contributed by atoms with Crippen LogP contribution in [-0.4, -0.2) is 11.9 Å². The van der Waals surface area contributed by atoms with Crippen LogP contribution in [0.1, 0.15) is 11.1 Å². The molecule has 0 radical (unpaired) electrons. The maximum Gasteiger partial charge on any atom is 0.0701 e. The molecular formula is C13H14BrClN2S. The smallest absolute Gasteiger partial charge is 0.0701 e. The van der Waals surface area contributed by atoms with E-state index in [2.05, 4.69) is 39.3 Å². The first-order chi connectivity index (χ1) is 8.56. The number of nitrogens with zero attached hydrogens (tertiary/aromatic N) is 1. The van der Waals surface area contributed by atoms with Crippen LogP contribution < -0.4 is 5.73 Å². The van der Waals surface area contributed by atoms with Crippen molar-refractivity contribution >= 4 is 44.6 Å². The van der Waals surface area contributed by atoms with E-state index in [1.54, 1.807) is 11.3 Å². The lowest BCUT2D eigenvalue weighted by atomic mass is 10.1. The lowest BCUT2D eigenvalue weighted by Crippen LogP contribution is -2.18. The lowest BCUT2D eigenvalue weighted by Gasteiger charge is -2.18. The van der Waals surface area contributed by atoms with E-state index in [0.29, 0.717) is 0 Å². The minimum atomic E-state index is 0.730. The van der Waals surface area contributed by atoms with Crippen molar-refractivity contribution in [3.05, 3.63) is 49.6 Å². The van der Waals surface area contributed by atoms with Gasteiger partial charge in [0.1, 0.15) is 0 Å². The number of nitrogen functional groups attached to an aromatic ring is 1. The summed E-state index contributed by atoms with van der Waals surface area (Å²) in [5, 5.41) is 2.88. The van der Waals surface area contributed by atoms with Crippen LogP contribution in [0.5, 0.6) is 0 Å². The summed E-state index contributed by atoms with van der Waals surface area (Å²) in [5.41, 5.74) is 8.99. The molecule has 1 aromatic heterocycles. The number of benzene rings is 1. The molecule has 2 rings (SSSR count). The van der Waals surface area contributed by atoms with Crippen molar-refractivity contribution in [1.82, 2.24) is 4.90 Å². The Balaban J connectivity index is 2.05. The van der Waals surface area contributed by atoms with Gasteiger partial charge in [-0.25, -0.2) is 0 Å². The van der Waals surface area contributed by atoms with Gasteiger partial charge < -0.3 is 5.73 Å². The van der Waals surface area contributed by atoms with Crippen molar-refractivity contribution in [2.24, 2.45) is 0 Å². The van der Waals surface area contributed by atoms with E-state index in [-0.39, 0.29) is 0 Å². The molecule has 0 aliphatic rings.